The molecule has 1 saturated heterocycles. The monoisotopic (exact) mass is 264 g/mol. The molecule has 0 aliphatic carbocycles. The van der Waals surface area contributed by atoms with Crippen LogP contribution in [0.3, 0.4) is 0 Å². The molecule has 0 atom stereocenters. The summed E-state index contributed by atoms with van der Waals surface area (Å²) in [4.78, 5) is 12.0. The van der Waals surface area contributed by atoms with E-state index < -0.39 is 4.92 Å². The summed E-state index contributed by atoms with van der Waals surface area (Å²) in [7, 11) is 0. The van der Waals surface area contributed by atoms with Crippen LogP contribution in [0.5, 0.6) is 5.75 Å². The van der Waals surface area contributed by atoms with Crippen LogP contribution < -0.4 is 10.0 Å². The Morgan fingerprint density at radius 2 is 1.74 bits per heavy atom. The van der Waals surface area contributed by atoms with Crippen LogP contribution >= 0.6 is 0 Å². The lowest BCUT2D eigenvalue weighted by Gasteiger charge is -2.22. The van der Waals surface area contributed by atoms with E-state index in [9.17, 15) is 15.2 Å². The topological polar surface area (TPSA) is 70.6 Å². The highest BCUT2D eigenvalue weighted by Gasteiger charge is 2.19. The lowest BCUT2D eigenvalue weighted by Crippen LogP contribution is -3.10. The van der Waals surface area contributed by atoms with Gasteiger partial charge in [0.1, 0.15) is 6.54 Å². The van der Waals surface area contributed by atoms with E-state index in [0.717, 1.165) is 13.1 Å². The van der Waals surface area contributed by atoms with Gasteiger partial charge in [0, 0.05) is 6.07 Å². The van der Waals surface area contributed by atoms with Gasteiger partial charge in [0.15, 0.2) is 0 Å². The predicted molar refractivity (Wildman–Crippen MR) is 70.0 cm³/mol. The van der Waals surface area contributed by atoms with Crippen molar-refractivity contribution in [1.82, 2.24) is 0 Å². The van der Waals surface area contributed by atoms with E-state index in [-0.39, 0.29) is 11.4 Å². The summed E-state index contributed by atoms with van der Waals surface area (Å²) in [6.45, 7) is 2.67. The molecule has 0 radical (unpaired) electrons. The highest BCUT2D eigenvalue weighted by Crippen LogP contribution is 2.21. The second kappa shape index (κ2) is 6.52. The molecule has 1 fully saturated rings. The van der Waals surface area contributed by atoms with Crippen LogP contribution in [0.25, 0.3) is 0 Å². The second-order valence-electron chi connectivity index (χ2n) is 5.24. The van der Waals surface area contributed by atoms with Crippen molar-refractivity contribution in [3.05, 3.63) is 33.9 Å². The summed E-state index contributed by atoms with van der Waals surface area (Å²) in [5, 5.41) is 22.4. The van der Waals surface area contributed by atoms with Gasteiger partial charge in [-0.05, 0) is 25.7 Å². The Balaban J connectivity index is 2.11. The van der Waals surface area contributed by atoms with E-state index in [4.69, 9.17) is 0 Å². The minimum atomic E-state index is -0.391. The summed E-state index contributed by atoms with van der Waals surface area (Å²) >= 11 is 0. The lowest BCUT2D eigenvalue weighted by molar-refractivity contribution is -0.915. The van der Waals surface area contributed by atoms with Crippen LogP contribution in [0.15, 0.2) is 18.2 Å². The number of nitrogens with one attached hydrogen (secondary N) is 1. The van der Waals surface area contributed by atoms with Crippen molar-refractivity contribution >= 4 is 5.69 Å². The fourth-order valence-electron chi connectivity index (χ4n) is 2.73. The van der Waals surface area contributed by atoms with E-state index >= 15 is 0 Å². The first-order chi connectivity index (χ1) is 9.16. The van der Waals surface area contributed by atoms with Crippen molar-refractivity contribution < 1.29 is 14.9 Å². The van der Waals surface area contributed by atoms with Crippen LogP contribution in [0, 0.1) is 10.1 Å². The maximum atomic E-state index is 11.4. The van der Waals surface area contributed by atoms with Crippen molar-refractivity contribution in [2.45, 2.75) is 38.6 Å². The van der Waals surface area contributed by atoms with Crippen molar-refractivity contribution in [2.75, 3.05) is 13.1 Å². The maximum absolute atomic E-state index is 11.4. The minimum Gasteiger partial charge on any atom is -0.872 e. The van der Waals surface area contributed by atoms with Gasteiger partial charge in [-0.1, -0.05) is 18.6 Å². The third-order valence-corrected chi connectivity index (χ3v) is 3.75. The van der Waals surface area contributed by atoms with Crippen molar-refractivity contribution in [1.29, 1.82) is 0 Å². The third-order valence-electron chi connectivity index (χ3n) is 3.75. The molecule has 0 aromatic heterocycles. The van der Waals surface area contributed by atoms with Crippen LogP contribution in [0.4, 0.5) is 5.69 Å². The number of likely N-dealkylation sites (tertiary alicyclic amines) is 1. The molecule has 1 heterocycles. The second-order valence-corrected chi connectivity index (χ2v) is 5.24. The van der Waals surface area contributed by atoms with Crippen LogP contribution in [0.1, 0.15) is 37.7 Å². The molecular formula is C14H20N2O3. The highest BCUT2D eigenvalue weighted by molar-refractivity contribution is 5.43. The number of rotatable bonds is 3. The summed E-state index contributed by atoms with van der Waals surface area (Å²) in [6.07, 6.45) is 6.12. The molecule has 0 spiro atoms. The van der Waals surface area contributed by atoms with Gasteiger partial charge in [-0.15, -0.1) is 5.75 Å². The largest absolute Gasteiger partial charge is 0.872 e. The molecule has 104 valence electrons. The van der Waals surface area contributed by atoms with Gasteiger partial charge in [0.05, 0.1) is 23.6 Å². The first kappa shape index (κ1) is 13.8. The Morgan fingerprint density at radius 3 is 2.37 bits per heavy atom. The molecule has 2 rings (SSSR count). The number of nitro groups is 1. The Morgan fingerprint density at radius 1 is 1.11 bits per heavy atom. The molecule has 0 unspecified atom stereocenters. The fourth-order valence-corrected chi connectivity index (χ4v) is 2.73. The van der Waals surface area contributed by atoms with E-state index in [1.54, 1.807) is 0 Å². The highest BCUT2D eigenvalue weighted by atomic mass is 16.6. The average Bonchev–Trinajstić information content (AvgIpc) is 2.32. The standard InChI is InChI=1S/C14H20N2O3/c17-13-6-7-14(16(18)19)12(10-13)11-15-8-4-2-1-3-5-9-15/h6-7,10,17H,1-5,8-9,11H2. The molecule has 19 heavy (non-hydrogen) atoms. The Labute approximate surface area is 113 Å². The zero-order chi connectivity index (χ0) is 13.7. The lowest BCUT2D eigenvalue weighted by atomic mass is 10.1. The van der Waals surface area contributed by atoms with Gasteiger partial charge in [-0.25, -0.2) is 0 Å². The molecule has 1 aliphatic heterocycles. The summed E-state index contributed by atoms with van der Waals surface area (Å²) in [5.41, 5.74) is 0.655. The maximum Gasteiger partial charge on any atom is 0.278 e. The van der Waals surface area contributed by atoms with E-state index in [1.165, 1.54) is 55.2 Å². The molecule has 1 N–H and O–H groups in total. The van der Waals surface area contributed by atoms with E-state index in [2.05, 4.69) is 0 Å². The molecule has 1 aliphatic rings. The number of hydrogen-bond acceptors (Lipinski definition) is 3. The van der Waals surface area contributed by atoms with Crippen molar-refractivity contribution in [3.63, 3.8) is 0 Å². The molecule has 1 aromatic carbocycles. The molecule has 0 amide bonds. The number of nitro benzene ring substituents is 1. The minimum absolute atomic E-state index is 0.0779. The zero-order valence-electron chi connectivity index (χ0n) is 11.1. The quantitative estimate of drug-likeness (QED) is 0.654. The van der Waals surface area contributed by atoms with Crippen LogP contribution in [-0.2, 0) is 6.54 Å². The molecule has 0 saturated carbocycles. The normalized spacial score (nSPS) is 17.7. The van der Waals surface area contributed by atoms with E-state index in [0.29, 0.717) is 12.1 Å². The number of quaternary nitrogens is 1. The molecular weight excluding hydrogens is 244 g/mol. The van der Waals surface area contributed by atoms with Crippen molar-refractivity contribution in [3.8, 4) is 5.75 Å². The summed E-state index contributed by atoms with van der Waals surface area (Å²) in [5.74, 6) is -0.146. The predicted octanol–water partition coefficient (Wildman–Crippen LogP) is 1.02. The molecule has 5 nitrogen and oxygen atoms in total. The SMILES string of the molecule is O=[N+]([O-])c1ccc([O-])cc1C[NH+]1CCCCCCC1. The van der Waals surface area contributed by atoms with Gasteiger partial charge >= 0.3 is 0 Å². The fraction of sp³-hybridized carbons (Fsp3) is 0.571. The van der Waals surface area contributed by atoms with Crippen molar-refractivity contribution in [2.24, 2.45) is 0 Å². The van der Waals surface area contributed by atoms with Crippen LogP contribution in [0.2, 0.25) is 0 Å². The Hall–Kier alpha value is -1.62. The number of benzene rings is 1. The first-order valence-electron chi connectivity index (χ1n) is 6.95. The van der Waals surface area contributed by atoms with Gasteiger partial charge in [-0.3, -0.25) is 10.1 Å². The number of hydrogen-bond donors (Lipinski definition) is 1. The van der Waals surface area contributed by atoms with Gasteiger partial charge in [0.25, 0.3) is 5.69 Å². The van der Waals surface area contributed by atoms with Crippen LogP contribution in [-0.4, -0.2) is 18.0 Å². The number of nitrogens with zero attached hydrogens (tertiary/aromatic N) is 1. The average molecular weight is 264 g/mol. The van der Waals surface area contributed by atoms with Gasteiger partial charge in [-0.2, -0.15) is 0 Å². The Kier molecular flexibility index (Phi) is 4.74. The molecule has 1 aromatic rings. The van der Waals surface area contributed by atoms with E-state index in [1.807, 2.05) is 0 Å². The summed E-state index contributed by atoms with van der Waals surface area (Å²) < 4.78 is 0. The molecule has 5 heteroatoms. The summed E-state index contributed by atoms with van der Waals surface area (Å²) in [6, 6.07) is 4.02. The molecule has 0 bridgehead atoms. The zero-order valence-corrected chi connectivity index (χ0v) is 11.1. The third kappa shape index (κ3) is 3.92. The smallest absolute Gasteiger partial charge is 0.278 e. The first-order valence-corrected chi connectivity index (χ1v) is 6.95. The van der Waals surface area contributed by atoms with Gasteiger partial charge < -0.3 is 10.0 Å². The van der Waals surface area contributed by atoms with Gasteiger partial charge in [0.2, 0.25) is 0 Å². The Bertz CT molecular complexity index is 440.